The average Bonchev–Trinajstić information content (AvgIpc) is 3.06. The minimum Gasteiger partial charge on any atom is -0.349 e. The smallest absolute Gasteiger partial charge is 0.349 e. The summed E-state index contributed by atoms with van der Waals surface area (Å²) in [4.78, 5) is 32.1. The van der Waals surface area contributed by atoms with Gasteiger partial charge in [0, 0.05) is 24.9 Å². The molecular weight excluding hydrogens is 430 g/mol. The van der Waals surface area contributed by atoms with Crippen molar-refractivity contribution in [1.82, 2.24) is 20.2 Å². The van der Waals surface area contributed by atoms with Crippen molar-refractivity contribution in [3.05, 3.63) is 29.5 Å². The van der Waals surface area contributed by atoms with Crippen LogP contribution in [0.5, 0.6) is 0 Å². The first kappa shape index (κ1) is 21.4. The molecule has 1 aliphatic carbocycles. The molecule has 0 bridgehead atoms. The number of rotatable bonds is 4. The van der Waals surface area contributed by atoms with Gasteiger partial charge in [-0.1, -0.05) is 6.92 Å². The first-order chi connectivity index (χ1) is 14.4. The second-order valence-corrected chi connectivity index (χ2v) is 8.03. The summed E-state index contributed by atoms with van der Waals surface area (Å²) in [7, 11) is 0. The van der Waals surface area contributed by atoms with Crippen LogP contribution in [0.3, 0.4) is 0 Å². The predicted molar refractivity (Wildman–Crippen MR) is 95.8 cm³/mol. The maximum absolute atomic E-state index is 14.2. The Morgan fingerprint density at radius 3 is 2.58 bits per heavy atom. The van der Waals surface area contributed by atoms with Crippen LogP contribution in [0.2, 0.25) is 0 Å². The lowest BCUT2D eigenvalue weighted by Gasteiger charge is -2.23. The molecule has 3 heterocycles. The molecule has 2 aliphatic rings. The quantitative estimate of drug-likeness (QED) is 0.703. The van der Waals surface area contributed by atoms with Crippen molar-refractivity contribution < 1.29 is 35.9 Å². The number of hydrogen-bond acceptors (Lipinski definition) is 3. The maximum Gasteiger partial charge on any atom is 0.436 e. The molecule has 1 saturated heterocycles. The first-order valence-corrected chi connectivity index (χ1v) is 9.60. The highest BCUT2D eigenvalue weighted by molar-refractivity contribution is 6.00. The van der Waals surface area contributed by atoms with Gasteiger partial charge in [-0.3, -0.25) is 9.59 Å². The second-order valence-electron chi connectivity index (χ2n) is 8.03. The largest absolute Gasteiger partial charge is 0.436 e. The SMILES string of the molecule is CC[C@H](NC(=O)c1cc2c(F)c(C(F)(F)F)ncc2[nH]1)C(=O)N1CC[C@@]2(C1)CC2(F)F. The molecule has 31 heavy (non-hydrogen) atoms. The van der Waals surface area contributed by atoms with Crippen molar-refractivity contribution >= 4 is 22.7 Å². The van der Waals surface area contributed by atoms with Gasteiger partial charge in [0.1, 0.15) is 11.7 Å². The van der Waals surface area contributed by atoms with Gasteiger partial charge in [-0.15, -0.1) is 0 Å². The van der Waals surface area contributed by atoms with Crippen LogP contribution < -0.4 is 5.32 Å². The Hall–Kier alpha value is -2.79. The van der Waals surface area contributed by atoms with Crippen LogP contribution in [0.1, 0.15) is 42.4 Å². The van der Waals surface area contributed by atoms with E-state index in [1.807, 2.05) is 0 Å². The zero-order chi connectivity index (χ0) is 22.8. The normalized spacial score (nSPS) is 23.4. The Balaban J connectivity index is 1.49. The number of aromatic amines is 1. The molecule has 6 nitrogen and oxygen atoms in total. The van der Waals surface area contributed by atoms with E-state index in [0.717, 1.165) is 12.3 Å². The fourth-order valence-electron chi connectivity index (χ4n) is 4.07. The van der Waals surface area contributed by atoms with Crippen LogP contribution in [0.25, 0.3) is 10.9 Å². The molecule has 2 N–H and O–H groups in total. The Morgan fingerprint density at radius 1 is 1.35 bits per heavy atom. The van der Waals surface area contributed by atoms with E-state index >= 15 is 0 Å². The zero-order valence-corrected chi connectivity index (χ0v) is 16.2. The molecule has 1 aliphatic heterocycles. The van der Waals surface area contributed by atoms with Crippen LogP contribution in [0, 0.1) is 11.2 Å². The molecular formula is C19H18F6N4O2. The molecule has 12 heteroatoms. The number of carbonyl (C=O) groups is 2. The summed E-state index contributed by atoms with van der Waals surface area (Å²) in [5.41, 5.74) is -3.25. The number of hydrogen-bond donors (Lipinski definition) is 2. The van der Waals surface area contributed by atoms with Crippen LogP contribution in [-0.2, 0) is 11.0 Å². The third-order valence-corrected chi connectivity index (χ3v) is 6.02. The van der Waals surface area contributed by atoms with Crippen molar-refractivity contribution in [2.24, 2.45) is 5.41 Å². The standard InChI is InChI=1S/C19H18F6N4O2/c1-2-10(16(31)29-4-3-17(8-29)7-18(17,21)22)28-15(30)11-5-9-12(27-11)6-26-14(13(9)20)19(23,24)25/h5-6,10,27H,2-4,7-8H2,1H3,(H,28,30)/t10-,17-/m0/s1. The number of pyridine rings is 1. The molecule has 2 aromatic rings. The molecule has 1 spiro atoms. The topological polar surface area (TPSA) is 78.1 Å². The van der Waals surface area contributed by atoms with Gasteiger partial charge in [-0.25, -0.2) is 18.2 Å². The summed E-state index contributed by atoms with van der Waals surface area (Å²) in [5.74, 6) is -5.75. The molecule has 2 atom stereocenters. The van der Waals surface area contributed by atoms with Gasteiger partial charge >= 0.3 is 6.18 Å². The number of nitrogens with one attached hydrogen (secondary N) is 2. The van der Waals surface area contributed by atoms with E-state index in [1.54, 1.807) is 6.92 Å². The molecule has 1 saturated carbocycles. The van der Waals surface area contributed by atoms with Gasteiger partial charge < -0.3 is 15.2 Å². The van der Waals surface area contributed by atoms with E-state index in [1.165, 1.54) is 4.90 Å². The second kappa shape index (κ2) is 6.86. The fourth-order valence-corrected chi connectivity index (χ4v) is 4.07. The van der Waals surface area contributed by atoms with Gasteiger partial charge in [-0.2, -0.15) is 13.2 Å². The number of H-pyrrole nitrogens is 1. The lowest BCUT2D eigenvalue weighted by molar-refractivity contribution is -0.143. The van der Waals surface area contributed by atoms with Crippen LogP contribution in [0.4, 0.5) is 26.3 Å². The lowest BCUT2D eigenvalue weighted by atomic mass is 10.1. The molecule has 0 unspecified atom stereocenters. The number of carbonyl (C=O) groups excluding carboxylic acids is 2. The molecule has 2 amide bonds. The minimum absolute atomic E-state index is 0.0886. The van der Waals surface area contributed by atoms with Gasteiger partial charge in [-0.05, 0) is 18.9 Å². The van der Waals surface area contributed by atoms with Gasteiger partial charge in [0.05, 0.1) is 17.1 Å². The number of alkyl halides is 5. The van der Waals surface area contributed by atoms with E-state index in [9.17, 15) is 35.9 Å². The van der Waals surface area contributed by atoms with Crippen molar-refractivity contribution in [2.75, 3.05) is 13.1 Å². The molecule has 4 rings (SSSR count). The highest BCUT2D eigenvalue weighted by Crippen LogP contribution is 2.65. The summed E-state index contributed by atoms with van der Waals surface area (Å²) < 4.78 is 79.8. The van der Waals surface area contributed by atoms with Gasteiger partial charge in [0.15, 0.2) is 11.5 Å². The molecule has 0 aromatic carbocycles. The van der Waals surface area contributed by atoms with Gasteiger partial charge in [0.25, 0.3) is 11.8 Å². The minimum atomic E-state index is -5.00. The Bertz CT molecular complexity index is 1070. The monoisotopic (exact) mass is 448 g/mol. The molecule has 0 radical (unpaired) electrons. The molecule has 2 aromatic heterocycles. The highest BCUT2D eigenvalue weighted by atomic mass is 19.4. The summed E-state index contributed by atoms with van der Waals surface area (Å²) in [6, 6.07) is -0.112. The maximum atomic E-state index is 14.2. The van der Waals surface area contributed by atoms with E-state index in [4.69, 9.17) is 0 Å². The summed E-state index contributed by atoms with van der Waals surface area (Å²) >= 11 is 0. The van der Waals surface area contributed by atoms with E-state index in [2.05, 4.69) is 15.3 Å². The third-order valence-electron chi connectivity index (χ3n) is 6.02. The van der Waals surface area contributed by atoms with E-state index in [0.29, 0.717) is 0 Å². The summed E-state index contributed by atoms with van der Waals surface area (Å²) in [5, 5.41) is 1.97. The van der Waals surface area contributed by atoms with Crippen molar-refractivity contribution in [3.63, 3.8) is 0 Å². The number of halogens is 6. The number of aromatic nitrogens is 2. The van der Waals surface area contributed by atoms with Crippen molar-refractivity contribution in [3.8, 4) is 0 Å². The molecule has 2 fully saturated rings. The van der Waals surface area contributed by atoms with Crippen LogP contribution in [0.15, 0.2) is 12.3 Å². The van der Waals surface area contributed by atoms with Crippen molar-refractivity contribution in [2.45, 2.75) is 44.3 Å². The number of nitrogens with zero attached hydrogens (tertiary/aromatic N) is 2. The third kappa shape index (κ3) is 3.51. The summed E-state index contributed by atoms with van der Waals surface area (Å²) in [6.45, 7) is 1.68. The Morgan fingerprint density at radius 2 is 2.03 bits per heavy atom. The van der Waals surface area contributed by atoms with E-state index < -0.39 is 52.3 Å². The fraction of sp³-hybridized carbons (Fsp3) is 0.526. The lowest BCUT2D eigenvalue weighted by Crippen LogP contribution is -2.47. The number of likely N-dealkylation sites (tertiary alicyclic amines) is 1. The highest BCUT2D eigenvalue weighted by Gasteiger charge is 2.73. The summed E-state index contributed by atoms with van der Waals surface area (Å²) in [6.07, 6.45) is -4.14. The average molecular weight is 448 g/mol. The zero-order valence-electron chi connectivity index (χ0n) is 16.2. The Kier molecular flexibility index (Phi) is 4.74. The van der Waals surface area contributed by atoms with E-state index in [-0.39, 0.29) is 43.6 Å². The van der Waals surface area contributed by atoms with Crippen molar-refractivity contribution in [1.29, 1.82) is 0 Å². The van der Waals surface area contributed by atoms with Gasteiger partial charge in [0.2, 0.25) is 5.91 Å². The first-order valence-electron chi connectivity index (χ1n) is 9.60. The number of fused-ring (bicyclic) bond motifs is 1. The predicted octanol–water partition coefficient (Wildman–Crippen LogP) is 3.49. The Labute approximate surface area is 172 Å². The molecule has 168 valence electrons. The van der Waals surface area contributed by atoms with Crippen LogP contribution >= 0.6 is 0 Å². The van der Waals surface area contributed by atoms with Crippen LogP contribution in [-0.4, -0.2) is 51.7 Å². The number of amides is 2.